The van der Waals surface area contributed by atoms with Crippen LogP contribution in [0.5, 0.6) is 0 Å². The van der Waals surface area contributed by atoms with E-state index in [4.69, 9.17) is 11.6 Å². The molecule has 1 nitrogen and oxygen atoms in total. The molecule has 0 heterocycles. The van der Waals surface area contributed by atoms with Crippen molar-refractivity contribution >= 4 is 11.6 Å². The van der Waals surface area contributed by atoms with E-state index in [0.29, 0.717) is 16.9 Å². The van der Waals surface area contributed by atoms with Crippen LogP contribution < -0.4 is 5.32 Å². The Bertz CT molecular complexity index is 366. The molecule has 0 aliphatic carbocycles. The molecule has 0 aromatic heterocycles. The van der Waals surface area contributed by atoms with Crippen LogP contribution in [0.2, 0.25) is 5.02 Å². The molecule has 1 aromatic rings. The van der Waals surface area contributed by atoms with Gasteiger partial charge in [0.15, 0.2) is 0 Å². The molecule has 1 N–H and O–H groups in total. The van der Waals surface area contributed by atoms with Crippen molar-refractivity contribution in [2.75, 3.05) is 13.1 Å². The molecule has 0 saturated heterocycles. The Kier molecular flexibility index (Phi) is 6.66. The van der Waals surface area contributed by atoms with Gasteiger partial charge < -0.3 is 5.32 Å². The molecular formula is C15H23ClFN. The zero-order chi connectivity index (χ0) is 13.5. The Morgan fingerprint density at radius 2 is 2.06 bits per heavy atom. The van der Waals surface area contributed by atoms with Gasteiger partial charge in [0.25, 0.3) is 0 Å². The topological polar surface area (TPSA) is 12.0 Å². The van der Waals surface area contributed by atoms with Gasteiger partial charge in [0.1, 0.15) is 5.82 Å². The molecule has 1 atom stereocenters. The third-order valence-corrected chi connectivity index (χ3v) is 3.37. The van der Waals surface area contributed by atoms with Crippen LogP contribution >= 0.6 is 11.6 Å². The van der Waals surface area contributed by atoms with Gasteiger partial charge in [0.05, 0.1) is 0 Å². The summed E-state index contributed by atoms with van der Waals surface area (Å²) >= 11 is 6.12. The molecule has 0 radical (unpaired) electrons. The number of nitrogens with one attached hydrogen (secondary N) is 1. The van der Waals surface area contributed by atoms with Gasteiger partial charge in [-0.2, -0.15) is 0 Å². The van der Waals surface area contributed by atoms with Gasteiger partial charge in [-0.05, 0) is 61.5 Å². The van der Waals surface area contributed by atoms with Crippen LogP contribution in [0.3, 0.4) is 0 Å². The van der Waals surface area contributed by atoms with Crippen molar-refractivity contribution in [3.05, 3.63) is 34.6 Å². The van der Waals surface area contributed by atoms with Crippen LogP contribution in [0.1, 0.15) is 32.8 Å². The third-order valence-electron chi connectivity index (χ3n) is 3.00. The highest BCUT2D eigenvalue weighted by Gasteiger charge is 2.13. The predicted molar refractivity (Wildman–Crippen MR) is 76.6 cm³/mol. The lowest BCUT2D eigenvalue weighted by molar-refractivity contribution is 0.388. The molecular weight excluding hydrogens is 249 g/mol. The van der Waals surface area contributed by atoms with E-state index in [0.717, 1.165) is 31.5 Å². The van der Waals surface area contributed by atoms with Gasteiger partial charge in [0.2, 0.25) is 0 Å². The van der Waals surface area contributed by atoms with E-state index in [1.807, 2.05) is 0 Å². The Hall–Kier alpha value is -0.600. The number of hydrogen-bond donors (Lipinski definition) is 1. The molecule has 1 rings (SSSR count). The van der Waals surface area contributed by atoms with Crippen molar-refractivity contribution in [3.63, 3.8) is 0 Å². The summed E-state index contributed by atoms with van der Waals surface area (Å²) in [5.41, 5.74) is 0.917. The van der Waals surface area contributed by atoms with Gasteiger partial charge >= 0.3 is 0 Å². The Morgan fingerprint density at radius 1 is 1.33 bits per heavy atom. The molecule has 0 saturated carbocycles. The molecule has 1 unspecified atom stereocenters. The van der Waals surface area contributed by atoms with Crippen molar-refractivity contribution in [2.24, 2.45) is 11.8 Å². The third kappa shape index (κ3) is 5.36. The lowest BCUT2D eigenvalue weighted by Gasteiger charge is -2.20. The Labute approximate surface area is 115 Å². The summed E-state index contributed by atoms with van der Waals surface area (Å²) < 4.78 is 13.2. The predicted octanol–water partition coefficient (Wildman–Crippen LogP) is 4.29. The van der Waals surface area contributed by atoms with E-state index in [-0.39, 0.29) is 5.82 Å². The van der Waals surface area contributed by atoms with E-state index in [9.17, 15) is 4.39 Å². The second-order valence-corrected chi connectivity index (χ2v) is 5.65. The zero-order valence-electron chi connectivity index (χ0n) is 11.5. The summed E-state index contributed by atoms with van der Waals surface area (Å²) in [6.45, 7) is 8.45. The zero-order valence-corrected chi connectivity index (χ0v) is 12.2. The monoisotopic (exact) mass is 271 g/mol. The molecule has 1 aromatic carbocycles. The molecule has 18 heavy (non-hydrogen) atoms. The lowest BCUT2D eigenvalue weighted by Crippen LogP contribution is -2.25. The molecule has 0 amide bonds. The molecule has 0 aliphatic heterocycles. The summed E-state index contributed by atoms with van der Waals surface area (Å²) in [6.07, 6.45) is 1.96. The largest absolute Gasteiger partial charge is 0.317 e. The fraction of sp³-hybridized carbons (Fsp3) is 0.600. The quantitative estimate of drug-likeness (QED) is 0.780. The minimum absolute atomic E-state index is 0.207. The maximum Gasteiger partial charge on any atom is 0.123 e. The molecule has 3 heteroatoms. The molecule has 0 fully saturated rings. The Balaban J connectivity index is 2.71. The maximum absolute atomic E-state index is 13.2. The highest BCUT2D eigenvalue weighted by Crippen LogP contribution is 2.23. The average molecular weight is 272 g/mol. The van der Waals surface area contributed by atoms with Crippen molar-refractivity contribution < 1.29 is 4.39 Å². The van der Waals surface area contributed by atoms with Crippen LogP contribution in [-0.4, -0.2) is 13.1 Å². The van der Waals surface area contributed by atoms with E-state index in [2.05, 4.69) is 26.1 Å². The highest BCUT2D eigenvalue weighted by atomic mass is 35.5. The van der Waals surface area contributed by atoms with E-state index in [1.165, 1.54) is 6.07 Å². The minimum atomic E-state index is -0.207. The van der Waals surface area contributed by atoms with Crippen molar-refractivity contribution in [2.45, 2.75) is 33.6 Å². The fourth-order valence-corrected chi connectivity index (χ4v) is 2.46. The summed E-state index contributed by atoms with van der Waals surface area (Å²) in [5.74, 6) is 0.936. The van der Waals surface area contributed by atoms with Crippen molar-refractivity contribution in [1.29, 1.82) is 0 Å². The standard InChI is InChI=1S/C15H23ClFN/c1-4-18-10-12(7-11(2)3)8-13-9-14(17)5-6-15(13)16/h5-6,9,11-12,18H,4,7-8,10H2,1-3H3. The average Bonchev–Trinajstić information content (AvgIpc) is 2.30. The molecule has 0 spiro atoms. The lowest BCUT2D eigenvalue weighted by atomic mass is 9.91. The van der Waals surface area contributed by atoms with Crippen LogP contribution in [0.4, 0.5) is 4.39 Å². The van der Waals surface area contributed by atoms with Crippen LogP contribution in [0.15, 0.2) is 18.2 Å². The first kappa shape index (κ1) is 15.5. The van der Waals surface area contributed by atoms with Crippen molar-refractivity contribution in [1.82, 2.24) is 5.32 Å². The van der Waals surface area contributed by atoms with Gasteiger partial charge in [-0.1, -0.05) is 32.4 Å². The van der Waals surface area contributed by atoms with Gasteiger partial charge in [-0.3, -0.25) is 0 Å². The van der Waals surface area contributed by atoms with E-state index >= 15 is 0 Å². The van der Waals surface area contributed by atoms with Gasteiger partial charge in [-0.25, -0.2) is 4.39 Å². The molecule has 102 valence electrons. The fourth-order valence-electron chi connectivity index (χ4n) is 2.26. The summed E-state index contributed by atoms with van der Waals surface area (Å²) in [4.78, 5) is 0. The first-order chi connectivity index (χ1) is 8.52. The smallest absolute Gasteiger partial charge is 0.123 e. The number of rotatable bonds is 7. The summed E-state index contributed by atoms with van der Waals surface area (Å²) in [5, 5.41) is 4.04. The SMILES string of the molecule is CCNCC(Cc1cc(F)ccc1Cl)CC(C)C. The highest BCUT2D eigenvalue weighted by molar-refractivity contribution is 6.31. The van der Waals surface area contributed by atoms with Crippen LogP contribution in [0, 0.1) is 17.7 Å². The molecule has 0 bridgehead atoms. The first-order valence-electron chi connectivity index (χ1n) is 6.67. The van der Waals surface area contributed by atoms with Crippen LogP contribution in [0.25, 0.3) is 0 Å². The second kappa shape index (κ2) is 7.75. The normalized spacial score (nSPS) is 13.0. The first-order valence-corrected chi connectivity index (χ1v) is 7.05. The van der Waals surface area contributed by atoms with Crippen molar-refractivity contribution in [3.8, 4) is 0 Å². The van der Waals surface area contributed by atoms with Gasteiger partial charge in [-0.15, -0.1) is 0 Å². The number of hydrogen-bond acceptors (Lipinski definition) is 1. The maximum atomic E-state index is 13.2. The van der Waals surface area contributed by atoms with Gasteiger partial charge in [0, 0.05) is 5.02 Å². The summed E-state index contributed by atoms with van der Waals surface area (Å²) in [6, 6.07) is 4.61. The number of benzene rings is 1. The van der Waals surface area contributed by atoms with Crippen LogP contribution in [-0.2, 0) is 6.42 Å². The summed E-state index contributed by atoms with van der Waals surface area (Å²) in [7, 11) is 0. The van der Waals surface area contributed by atoms with E-state index in [1.54, 1.807) is 12.1 Å². The number of halogens is 2. The van der Waals surface area contributed by atoms with E-state index < -0.39 is 0 Å². The Morgan fingerprint density at radius 3 is 2.67 bits per heavy atom. The second-order valence-electron chi connectivity index (χ2n) is 5.24. The minimum Gasteiger partial charge on any atom is -0.317 e. The molecule has 0 aliphatic rings.